The zero-order chi connectivity index (χ0) is 12.7. The molecule has 17 heavy (non-hydrogen) atoms. The van der Waals surface area contributed by atoms with Gasteiger partial charge in [0.2, 0.25) is 5.91 Å². The van der Waals surface area contributed by atoms with E-state index in [1.165, 1.54) is 25.7 Å². The normalized spacial score (nSPS) is 17.4. The highest BCUT2D eigenvalue weighted by Gasteiger charge is 2.26. The number of hydrogen-bond donors (Lipinski definition) is 2. The Kier molecular flexibility index (Phi) is 5.96. The summed E-state index contributed by atoms with van der Waals surface area (Å²) in [4.78, 5) is 11.8. The van der Waals surface area contributed by atoms with Gasteiger partial charge in [-0.05, 0) is 31.6 Å². The predicted molar refractivity (Wildman–Crippen MR) is 69.7 cm³/mol. The van der Waals surface area contributed by atoms with E-state index in [1.807, 2.05) is 0 Å². The molecule has 1 aliphatic carbocycles. The van der Waals surface area contributed by atoms with Crippen molar-refractivity contribution in [1.29, 1.82) is 0 Å². The highest BCUT2D eigenvalue weighted by Crippen LogP contribution is 2.28. The van der Waals surface area contributed by atoms with Crippen LogP contribution >= 0.6 is 0 Å². The van der Waals surface area contributed by atoms with Gasteiger partial charge in [-0.25, -0.2) is 0 Å². The summed E-state index contributed by atoms with van der Waals surface area (Å²) in [7, 11) is 0. The number of carbonyl (C=O) groups is 1. The second kappa shape index (κ2) is 7.00. The average Bonchev–Trinajstić information content (AvgIpc) is 2.84. The smallest absolute Gasteiger partial charge is 0.220 e. The van der Waals surface area contributed by atoms with Crippen molar-refractivity contribution in [3.05, 3.63) is 0 Å². The molecular formula is C14H27NO2. The van der Waals surface area contributed by atoms with Gasteiger partial charge in [-0.1, -0.05) is 26.7 Å². The number of aliphatic hydroxyl groups is 1. The number of amides is 1. The average molecular weight is 241 g/mol. The first-order chi connectivity index (χ1) is 8.15. The summed E-state index contributed by atoms with van der Waals surface area (Å²) in [5.41, 5.74) is -0.120. The van der Waals surface area contributed by atoms with Gasteiger partial charge in [0.1, 0.15) is 0 Å². The third-order valence-corrected chi connectivity index (χ3v) is 4.44. The van der Waals surface area contributed by atoms with Crippen molar-refractivity contribution >= 4 is 5.91 Å². The van der Waals surface area contributed by atoms with E-state index in [1.54, 1.807) is 0 Å². The molecule has 1 aliphatic rings. The Morgan fingerprint density at radius 3 is 2.35 bits per heavy atom. The van der Waals surface area contributed by atoms with Crippen LogP contribution in [0.1, 0.15) is 58.8 Å². The Morgan fingerprint density at radius 1 is 1.29 bits per heavy atom. The third kappa shape index (κ3) is 4.30. The molecule has 0 heterocycles. The fourth-order valence-electron chi connectivity index (χ4n) is 2.61. The highest BCUT2D eigenvalue weighted by atomic mass is 16.3. The molecule has 0 radical (unpaired) electrons. The van der Waals surface area contributed by atoms with E-state index in [2.05, 4.69) is 19.2 Å². The van der Waals surface area contributed by atoms with Crippen molar-refractivity contribution < 1.29 is 9.90 Å². The molecule has 0 saturated heterocycles. The largest absolute Gasteiger partial charge is 0.396 e. The van der Waals surface area contributed by atoms with Crippen LogP contribution in [-0.4, -0.2) is 24.2 Å². The first-order valence-electron chi connectivity index (χ1n) is 7.03. The van der Waals surface area contributed by atoms with E-state index in [4.69, 9.17) is 0 Å². The molecular weight excluding hydrogens is 214 g/mol. The van der Waals surface area contributed by atoms with Gasteiger partial charge in [-0.15, -0.1) is 0 Å². The van der Waals surface area contributed by atoms with Crippen LogP contribution in [0.15, 0.2) is 0 Å². The fraction of sp³-hybridized carbons (Fsp3) is 0.929. The minimum absolute atomic E-state index is 0.120. The molecule has 3 nitrogen and oxygen atoms in total. The van der Waals surface area contributed by atoms with Crippen molar-refractivity contribution in [3.63, 3.8) is 0 Å². The minimum atomic E-state index is -0.120. The summed E-state index contributed by atoms with van der Waals surface area (Å²) in [6.07, 6.45) is 7.47. The van der Waals surface area contributed by atoms with Gasteiger partial charge in [0.25, 0.3) is 0 Å². The third-order valence-electron chi connectivity index (χ3n) is 4.44. The zero-order valence-electron chi connectivity index (χ0n) is 11.3. The number of aliphatic hydroxyl groups excluding tert-OH is 1. The van der Waals surface area contributed by atoms with Crippen LogP contribution in [0.3, 0.4) is 0 Å². The van der Waals surface area contributed by atoms with Gasteiger partial charge in [-0.2, -0.15) is 0 Å². The first-order valence-corrected chi connectivity index (χ1v) is 7.03. The number of rotatable bonds is 7. The maximum atomic E-state index is 11.8. The van der Waals surface area contributed by atoms with Crippen molar-refractivity contribution in [2.75, 3.05) is 13.2 Å². The van der Waals surface area contributed by atoms with Gasteiger partial charge in [-0.3, -0.25) is 4.79 Å². The molecule has 0 aliphatic heterocycles. The molecule has 0 atom stereocenters. The summed E-state index contributed by atoms with van der Waals surface area (Å²) in [6, 6.07) is 0. The van der Waals surface area contributed by atoms with E-state index in [0.29, 0.717) is 18.9 Å². The Balaban J connectivity index is 2.30. The predicted octanol–water partition coefficient (Wildman–Crippen LogP) is 2.48. The Hall–Kier alpha value is -0.570. The van der Waals surface area contributed by atoms with Crippen molar-refractivity contribution in [2.45, 2.75) is 58.8 Å². The quantitative estimate of drug-likeness (QED) is 0.719. The Labute approximate surface area is 105 Å². The van der Waals surface area contributed by atoms with E-state index in [-0.39, 0.29) is 17.9 Å². The lowest BCUT2D eigenvalue weighted by molar-refractivity contribution is -0.122. The molecule has 100 valence electrons. The van der Waals surface area contributed by atoms with Gasteiger partial charge in [0.15, 0.2) is 0 Å². The van der Waals surface area contributed by atoms with Gasteiger partial charge < -0.3 is 10.4 Å². The lowest BCUT2D eigenvalue weighted by Crippen LogP contribution is -2.39. The summed E-state index contributed by atoms with van der Waals surface area (Å²) in [5.74, 6) is 0.762. The summed E-state index contributed by atoms with van der Waals surface area (Å²) in [5, 5.41) is 12.4. The molecule has 0 unspecified atom stereocenters. The van der Waals surface area contributed by atoms with Crippen LogP contribution < -0.4 is 5.32 Å². The molecule has 0 spiro atoms. The molecule has 0 aromatic rings. The number of hydrogen-bond acceptors (Lipinski definition) is 2. The monoisotopic (exact) mass is 241 g/mol. The summed E-state index contributed by atoms with van der Waals surface area (Å²) in [6.45, 7) is 4.91. The van der Waals surface area contributed by atoms with E-state index < -0.39 is 0 Å². The molecule has 0 aromatic heterocycles. The second-order valence-electron chi connectivity index (χ2n) is 5.50. The molecule has 1 fully saturated rings. The molecule has 0 bridgehead atoms. The molecule has 1 saturated carbocycles. The van der Waals surface area contributed by atoms with Crippen LogP contribution in [0.2, 0.25) is 0 Å². The minimum Gasteiger partial charge on any atom is -0.396 e. The maximum absolute atomic E-state index is 11.8. The second-order valence-corrected chi connectivity index (χ2v) is 5.50. The number of nitrogens with one attached hydrogen (secondary N) is 1. The topological polar surface area (TPSA) is 49.3 Å². The highest BCUT2D eigenvalue weighted by molar-refractivity contribution is 5.76. The van der Waals surface area contributed by atoms with E-state index in [0.717, 1.165) is 12.8 Å². The standard InChI is InChI=1S/C14H27NO2/c1-3-14(4-2,11-16)10-15-13(17)9-12-7-5-6-8-12/h12,16H,3-11H2,1-2H3,(H,15,17). The van der Waals surface area contributed by atoms with E-state index >= 15 is 0 Å². The van der Waals surface area contributed by atoms with Crippen LogP contribution in [-0.2, 0) is 4.79 Å². The maximum Gasteiger partial charge on any atom is 0.220 e. The number of carbonyl (C=O) groups excluding carboxylic acids is 1. The fourth-order valence-corrected chi connectivity index (χ4v) is 2.61. The lowest BCUT2D eigenvalue weighted by atomic mass is 9.83. The van der Waals surface area contributed by atoms with Crippen LogP contribution in [0.25, 0.3) is 0 Å². The summed E-state index contributed by atoms with van der Waals surface area (Å²) >= 11 is 0. The lowest BCUT2D eigenvalue weighted by Gasteiger charge is -2.29. The first kappa shape index (κ1) is 14.5. The zero-order valence-corrected chi connectivity index (χ0v) is 11.3. The molecule has 1 rings (SSSR count). The Morgan fingerprint density at radius 2 is 1.88 bits per heavy atom. The van der Waals surface area contributed by atoms with Crippen LogP contribution in [0.5, 0.6) is 0 Å². The van der Waals surface area contributed by atoms with Crippen LogP contribution in [0, 0.1) is 11.3 Å². The molecule has 1 amide bonds. The van der Waals surface area contributed by atoms with Crippen LogP contribution in [0.4, 0.5) is 0 Å². The summed E-state index contributed by atoms with van der Waals surface area (Å²) < 4.78 is 0. The molecule has 2 N–H and O–H groups in total. The van der Waals surface area contributed by atoms with Crippen molar-refractivity contribution in [3.8, 4) is 0 Å². The Bertz CT molecular complexity index is 222. The van der Waals surface area contributed by atoms with Gasteiger partial charge in [0, 0.05) is 18.4 Å². The molecule has 3 heteroatoms. The van der Waals surface area contributed by atoms with Gasteiger partial charge in [0.05, 0.1) is 6.61 Å². The van der Waals surface area contributed by atoms with Crippen molar-refractivity contribution in [2.24, 2.45) is 11.3 Å². The van der Waals surface area contributed by atoms with Crippen molar-refractivity contribution in [1.82, 2.24) is 5.32 Å². The van der Waals surface area contributed by atoms with Gasteiger partial charge >= 0.3 is 0 Å². The molecule has 0 aromatic carbocycles. The SMILES string of the molecule is CCC(CC)(CO)CNC(=O)CC1CCCC1. The van der Waals surface area contributed by atoms with E-state index in [9.17, 15) is 9.90 Å².